The summed E-state index contributed by atoms with van der Waals surface area (Å²) < 4.78 is 0. The first kappa shape index (κ1) is 18.7. The normalized spacial score (nSPS) is 21.7. The Bertz CT molecular complexity index is 624. The summed E-state index contributed by atoms with van der Waals surface area (Å²) in [5, 5.41) is 8.94. The number of anilines is 1. The molecule has 0 saturated carbocycles. The number of carbonyl (C=O) groups is 2. The van der Waals surface area contributed by atoms with Crippen LogP contribution in [-0.2, 0) is 4.79 Å². The molecule has 0 aromatic carbocycles. The molecule has 1 unspecified atom stereocenters. The molecule has 26 heavy (non-hydrogen) atoms. The fraction of sp³-hybridized carbons (Fsp3) is 0.650. The van der Waals surface area contributed by atoms with Crippen molar-refractivity contribution in [3.05, 3.63) is 23.9 Å². The molecule has 1 atom stereocenters. The number of aromatic nitrogens is 1. The molecular weight excluding hydrogens is 330 g/mol. The van der Waals surface area contributed by atoms with Crippen LogP contribution < -0.4 is 4.90 Å². The maximum atomic E-state index is 12.9. The van der Waals surface area contributed by atoms with Crippen LogP contribution in [0.2, 0.25) is 0 Å². The summed E-state index contributed by atoms with van der Waals surface area (Å²) in [6, 6.07) is 3.83. The predicted molar refractivity (Wildman–Crippen MR) is 100 cm³/mol. The number of pyridine rings is 1. The lowest BCUT2D eigenvalue weighted by molar-refractivity contribution is -0.137. The van der Waals surface area contributed by atoms with Crippen LogP contribution in [0.25, 0.3) is 0 Å². The SMILES string of the molecule is CC1CCN(c2ccc(C(=O)N3CCCCC3CCC(=O)O)cn2)CC1. The van der Waals surface area contributed by atoms with Crippen LogP contribution in [0.4, 0.5) is 5.82 Å². The maximum Gasteiger partial charge on any atom is 0.303 e. The third-order valence-corrected chi connectivity index (χ3v) is 5.68. The highest BCUT2D eigenvalue weighted by Gasteiger charge is 2.28. The van der Waals surface area contributed by atoms with Gasteiger partial charge in [-0.2, -0.15) is 0 Å². The molecule has 2 aliphatic heterocycles. The molecule has 3 rings (SSSR count). The third kappa shape index (κ3) is 4.54. The Morgan fingerprint density at radius 3 is 2.58 bits per heavy atom. The van der Waals surface area contributed by atoms with E-state index in [1.807, 2.05) is 17.0 Å². The first-order valence-corrected chi connectivity index (χ1v) is 9.78. The summed E-state index contributed by atoms with van der Waals surface area (Å²) in [4.78, 5) is 32.5. The van der Waals surface area contributed by atoms with Gasteiger partial charge in [0.05, 0.1) is 5.56 Å². The molecule has 0 spiro atoms. The highest BCUT2D eigenvalue weighted by molar-refractivity contribution is 5.94. The first-order chi connectivity index (χ1) is 12.5. The van der Waals surface area contributed by atoms with Crippen LogP contribution in [0.5, 0.6) is 0 Å². The summed E-state index contributed by atoms with van der Waals surface area (Å²) >= 11 is 0. The number of rotatable bonds is 5. The number of amides is 1. The van der Waals surface area contributed by atoms with Gasteiger partial charge in [0.1, 0.15) is 5.82 Å². The van der Waals surface area contributed by atoms with Crippen molar-refractivity contribution < 1.29 is 14.7 Å². The van der Waals surface area contributed by atoms with Crippen molar-refractivity contribution in [1.82, 2.24) is 9.88 Å². The molecule has 1 N–H and O–H groups in total. The van der Waals surface area contributed by atoms with E-state index >= 15 is 0 Å². The Kier molecular flexibility index (Phi) is 6.12. The van der Waals surface area contributed by atoms with Gasteiger partial charge in [-0.25, -0.2) is 4.98 Å². The van der Waals surface area contributed by atoms with Crippen molar-refractivity contribution in [1.29, 1.82) is 0 Å². The standard InChI is InChI=1S/C20H29N3O3/c1-15-9-12-22(13-10-15)18-7-5-16(14-21-18)20(26)23-11-3-2-4-17(23)6-8-19(24)25/h5,7,14-15,17H,2-4,6,8-13H2,1H3,(H,24,25). The number of likely N-dealkylation sites (tertiary alicyclic amines) is 1. The van der Waals surface area contributed by atoms with Gasteiger partial charge in [-0.15, -0.1) is 0 Å². The highest BCUT2D eigenvalue weighted by Crippen LogP contribution is 2.25. The minimum atomic E-state index is -0.801. The summed E-state index contributed by atoms with van der Waals surface area (Å²) in [7, 11) is 0. The van der Waals surface area contributed by atoms with Crippen LogP contribution in [0, 0.1) is 5.92 Å². The number of piperidine rings is 2. The molecule has 1 aromatic rings. The molecule has 0 radical (unpaired) electrons. The smallest absolute Gasteiger partial charge is 0.303 e. The fourth-order valence-corrected chi connectivity index (χ4v) is 3.96. The van der Waals surface area contributed by atoms with Crippen molar-refractivity contribution in [2.75, 3.05) is 24.5 Å². The van der Waals surface area contributed by atoms with Gasteiger partial charge in [0.2, 0.25) is 0 Å². The topological polar surface area (TPSA) is 73.7 Å². The molecule has 6 nitrogen and oxygen atoms in total. The number of nitrogens with zero attached hydrogens (tertiary/aromatic N) is 3. The molecule has 142 valence electrons. The van der Waals surface area contributed by atoms with Crippen molar-refractivity contribution >= 4 is 17.7 Å². The average molecular weight is 359 g/mol. The Balaban J connectivity index is 1.65. The quantitative estimate of drug-likeness (QED) is 0.874. The number of hydrogen-bond acceptors (Lipinski definition) is 4. The van der Waals surface area contributed by atoms with E-state index in [-0.39, 0.29) is 18.4 Å². The van der Waals surface area contributed by atoms with Crippen molar-refractivity contribution in [2.45, 2.75) is 57.9 Å². The zero-order chi connectivity index (χ0) is 18.5. The summed E-state index contributed by atoms with van der Waals surface area (Å²) in [5.74, 6) is 0.889. The second-order valence-corrected chi connectivity index (χ2v) is 7.66. The van der Waals surface area contributed by atoms with Gasteiger partial charge < -0.3 is 14.9 Å². The molecule has 0 bridgehead atoms. The van der Waals surface area contributed by atoms with Crippen molar-refractivity contribution in [3.63, 3.8) is 0 Å². The van der Waals surface area contributed by atoms with Crippen molar-refractivity contribution in [2.24, 2.45) is 5.92 Å². The van der Waals surface area contributed by atoms with Gasteiger partial charge in [0.15, 0.2) is 0 Å². The van der Waals surface area contributed by atoms with Gasteiger partial charge in [-0.3, -0.25) is 9.59 Å². The van der Waals surface area contributed by atoms with Gasteiger partial charge in [-0.05, 0) is 56.6 Å². The molecule has 6 heteroatoms. The summed E-state index contributed by atoms with van der Waals surface area (Å²) in [6.45, 7) is 5.02. The van der Waals surface area contributed by atoms with Gasteiger partial charge in [-0.1, -0.05) is 6.92 Å². The zero-order valence-electron chi connectivity index (χ0n) is 15.6. The van der Waals surface area contributed by atoms with Crippen molar-refractivity contribution in [3.8, 4) is 0 Å². The lowest BCUT2D eigenvalue weighted by Crippen LogP contribution is -2.44. The lowest BCUT2D eigenvalue weighted by atomic mass is 9.97. The van der Waals surface area contributed by atoms with Crippen LogP contribution in [-0.4, -0.2) is 52.5 Å². The second kappa shape index (κ2) is 8.52. The molecule has 2 aliphatic rings. The summed E-state index contributed by atoms with van der Waals surface area (Å²) in [6.07, 6.45) is 7.60. The Labute approximate surface area is 155 Å². The van der Waals surface area contributed by atoms with Gasteiger partial charge >= 0.3 is 5.97 Å². The molecular formula is C20H29N3O3. The van der Waals surface area contributed by atoms with Gasteiger partial charge in [0, 0.05) is 38.3 Å². The second-order valence-electron chi connectivity index (χ2n) is 7.66. The number of carboxylic acids is 1. The van der Waals surface area contributed by atoms with Crippen LogP contribution in [0.15, 0.2) is 18.3 Å². The lowest BCUT2D eigenvalue weighted by Gasteiger charge is -2.36. The predicted octanol–water partition coefficient (Wildman–Crippen LogP) is 3.18. The minimum Gasteiger partial charge on any atom is -0.481 e. The fourth-order valence-electron chi connectivity index (χ4n) is 3.96. The largest absolute Gasteiger partial charge is 0.481 e. The Morgan fingerprint density at radius 2 is 1.92 bits per heavy atom. The molecule has 3 heterocycles. The van der Waals surface area contributed by atoms with E-state index in [2.05, 4.69) is 16.8 Å². The number of carbonyl (C=O) groups excluding carboxylic acids is 1. The maximum absolute atomic E-state index is 12.9. The third-order valence-electron chi connectivity index (χ3n) is 5.68. The molecule has 1 aromatic heterocycles. The van der Waals surface area contributed by atoms with E-state index in [1.54, 1.807) is 6.20 Å². The molecule has 0 aliphatic carbocycles. The first-order valence-electron chi connectivity index (χ1n) is 9.78. The monoisotopic (exact) mass is 359 g/mol. The van der Waals surface area contributed by atoms with Crippen LogP contribution in [0.1, 0.15) is 62.2 Å². The Morgan fingerprint density at radius 1 is 1.15 bits per heavy atom. The van der Waals surface area contributed by atoms with Gasteiger partial charge in [0.25, 0.3) is 5.91 Å². The molecule has 2 saturated heterocycles. The number of carboxylic acid groups (broad SMARTS) is 1. The highest BCUT2D eigenvalue weighted by atomic mass is 16.4. The van der Waals surface area contributed by atoms with E-state index < -0.39 is 5.97 Å². The number of hydrogen-bond donors (Lipinski definition) is 1. The van der Waals surface area contributed by atoms with E-state index in [9.17, 15) is 9.59 Å². The van der Waals surface area contributed by atoms with E-state index in [4.69, 9.17) is 5.11 Å². The van der Waals surface area contributed by atoms with Crippen LogP contribution >= 0.6 is 0 Å². The van der Waals surface area contributed by atoms with E-state index in [0.29, 0.717) is 18.5 Å². The Hall–Kier alpha value is -2.11. The minimum absolute atomic E-state index is 0.0218. The summed E-state index contributed by atoms with van der Waals surface area (Å²) in [5.41, 5.74) is 0.598. The van der Waals surface area contributed by atoms with E-state index in [1.165, 1.54) is 12.8 Å². The zero-order valence-corrected chi connectivity index (χ0v) is 15.6. The average Bonchev–Trinajstić information content (AvgIpc) is 2.67. The molecule has 2 fully saturated rings. The number of aliphatic carboxylic acids is 1. The van der Waals surface area contributed by atoms with Crippen LogP contribution in [0.3, 0.4) is 0 Å². The van der Waals surface area contributed by atoms with E-state index in [0.717, 1.165) is 44.1 Å². The molecule has 1 amide bonds.